The van der Waals surface area contributed by atoms with Crippen molar-refractivity contribution in [1.82, 2.24) is 4.98 Å². The third kappa shape index (κ3) is 6.80. The van der Waals surface area contributed by atoms with Gasteiger partial charge in [-0.25, -0.2) is 18.0 Å². The molecule has 14 heteroatoms. The first-order valence-corrected chi connectivity index (χ1v) is 13.1. The van der Waals surface area contributed by atoms with Crippen LogP contribution in [-0.4, -0.2) is 52.8 Å². The van der Waals surface area contributed by atoms with Crippen LogP contribution in [0.4, 0.5) is 33.5 Å². The lowest BCUT2D eigenvalue weighted by atomic mass is 10.0. The number of nitrogens with zero attached hydrogens (tertiary/aromatic N) is 3. The summed E-state index contributed by atoms with van der Waals surface area (Å²) in [6.07, 6.45) is -3.86. The van der Waals surface area contributed by atoms with Gasteiger partial charge in [0.2, 0.25) is 5.92 Å². The first-order valence-electron chi connectivity index (χ1n) is 11.2. The molecule has 202 valence electrons. The van der Waals surface area contributed by atoms with Crippen molar-refractivity contribution in [1.29, 1.82) is 0 Å². The van der Waals surface area contributed by atoms with Crippen molar-refractivity contribution in [3.63, 3.8) is 0 Å². The number of hydrogen-bond acceptors (Lipinski definition) is 6. The lowest BCUT2D eigenvalue weighted by molar-refractivity contribution is -0.138. The Kier molecular flexibility index (Phi) is 8.22. The number of anilines is 2. The molecule has 0 saturated carbocycles. The van der Waals surface area contributed by atoms with E-state index in [9.17, 15) is 35.8 Å². The van der Waals surface area contributed by atoms with Gasteiger partial charge in [0.1, 0.15) is 5.82 Å². The number of alkyl halides is 5. The number of benzene rings is 1. The summed E-state index contributed by atoms with van der Waals surface area (Å²) in [7, 11) is -3.22. The predicted octanol–water partition coefficient (Wildman–Crippen LogP) is 4.23. The second-order valence-corrected chi connectivity index (χ2v) is 10.9. The van der Waals surface area contributed by atoms with Crippen LogP contribution in [0.25, 0.3) is 0 Å². The number of hydrogen-bond donors (Lipinski definition) is 2. The van der Waals surface area contributed by atoms with Crippen LogP contribution in [0.15, 0.2) is 39.7 Å². The number of nitrogens with two attached hydrogens (primary N) is 1. The van der Waals surface area contributed by atoms with Gasteiger partial charge in [-0.05, 0) is 37.1 Å². The molecule has 37 heavy (non-hydrogen) atoms. The molecule has 1 fully saturated rings. The van der Waals surface area contributed by atoms with E-state index in [2.05, 4.69) is 14.7 Å². The highest BCUT2D eigenvalue weighted by Crippen LogP contribution is 2.37. The van der Waals surface area contributed by atoms with E-state index in [0.29, 0.717) is 6.20 Å². The maximum Gasteiger partial charge on any atom is 0.418 e. The Morgan fingerprint density at radius 2 is 1.95 bits per heavy atom. The van der Waals surface area contributed by atoms with Crippen LogP contribution in [0.2, 0.25) is 0 Å². The molecule has 1 aromatic heterocycles. The first kappa shape index (κ1) is 28.4. The molecule has 2 aromatic rings. The molecule has 1 atom stereocenters. The third-order valence-electron chi connectivity index (χ3n) is 5.85. The molecule has 0 bridgehead atoms. The Balaban J connectivity index is 2.04. The molecule has 0 radical (unpaired) electrons. The molecule has 3 N–H and O–H groups in total. The van der Waals surface area contributed by atoms with Crippen molar-refractivity contribution in [2.75, 3.05) is 36.1 Å². The van der Waals surface area contributed by atoms with Gasteiger partial charge in [-0.2, -0.15) is 17.5 Å². The number of aromatic nitrogens is 1. The van der Waals surface area contributed by atoms with Gasteiger partial charge in [0, 0.05) is 49.0 Å². The van der Waals surface area contributed by atoms with Crippen LogP contribution in [-0.2, 0) is 20.7 Å². The minimum atomic E-state index is -4.80. The van der Waals surface area contributed by atoms with E-state index in [-0.39, 0.29) is 42.3 Å². The Bertz CT molecular complexity index is 1320. The van der Waals surface area contributed by atoms with Crippen molar-refractivity contribution >= 4 is 33.0 Å². The summed E-state index contributed by atoms with van der Waals surface area (Å²) in [5, 5.41) is 2.47. The number of carbonyl (C=O) groups is 2. The Morgan fingerprint density at radius 1 is 1.24 bits per heavy atom. The standard InChI is InChI=1S/C23H26F5N5O3S/c1-14-17(23(26,27)28)13-30-20(33-9-4-7-22(24,25)8-10-33)19(14)21(35)31-15-5-3-6-16(11-15)37(2,36)32-18(34)12-29/h3,5-6,11,13H,4,7-10,12,29H2,1-2H3,(H,31,35). The summed E-state index contributed by atoms with van der Waals surface area (Å²) in [6.45, 7) is 0.545. The van der Waals surface area contributed by atoms with E-state index >= 15 is 0 Å². The van der Waals surface area contributed by atoms with E-state index < -0.39 is 63.3 Å². The van der Waals surface area contributed by atoms with E-state index in [4.69, 9.17) is 5.73 Å². The van der Waals surface area contributed by atoms with Gasteiger partial charge in [-0.3, -0.25) is 9.59 Å². The van der Waals surface area contributed by atoms with Crippen molar-refractivity contribution in [3.8, 4) is 0 Å². The average molecular weight is 548 g/mol. The summed E-state index contributed by atoms with van der Waals surface area (Å²) >= 11 is 0. The van der Waals surface area contributed by atoms with Gasteiger partial charge in [0.25, 0.3) is 11.8 Å². The number of pyridine rings is 1. The molecule has 0 spiro atoms. The lowest BCUT2D eigenvalue weighted by Gasteiger charge is -2.26. The summed E-state index contributed by atoms with van der Waals surface area (Å²) in [4.78, 5) is 30.2. The fourth-order valence-electron chi connectivity index (χ4n) is 3.95. The van der Waals surface area contributed by atoms with E-state index in [1.165, 1.54) is 35.4 Å². The zero-order chi connectivity index (χ0) is 27.6. The molecular weight excluding hydrogens is 521 g/mol. The monoisotopic (exact) mass is 547 g/mol. The molecule has 8 nitrogen and oxygen atoms in total. The minimum absolute atomic E-state index is 0.0632. The quantitative estimate of drug-likeness (QED) is 0.541. The highest BCUT2D eigenvalue weighted by atomic mass is 32.2. The molecule has 1 aliphatic heterocycles. The Hall–Kier alpha value is -3.13. The van der Waals surface area contributed by atoms with Crippen molar-refractivity contribution < 1.29 is 35.8 Å². The van der Waals surface area contributed by atoms with E-state index in [1.807, 2.05) is 0 Å². The molecule has 1 aliphatic rings. The van der Waals surface area contributed by atoms with Crippen LogP contribution >= 0.6 is 0 Å². The Morgan fingerprint density at radius 3 is 2.59 bits per heavy atom. The van der Waals surface area contributed by atoms with Crippen molar-refractivity contribution in [2.24, 2.45) is 10.1 Å². The number of amides is 2. The summed E-state index contributed by atoms with van der Waals surface area (Å²) in [6, 6.07) is 5.51. The van der Waals surface area contributed by atoms with Gasteiger partial charge in [0.15, 0.2) is 0 Å². The van der Waals surface area contributed by atoms with Gasteiger partial charge in [0.05, 0.1) is 27.4 Å². The van der Waals surface area contributed by atoms with Crippen LogP contribution < -0.4 is 16.0 Å². The third-order valence-corrected chi connectivity index (χ3v) is 7.53. The largest absolute Gasteiger partial charge is 0.418 e. The fraction of sp³-hybridized carbons (Fsp3) is 0.435. The minimum Gasteiger partial charge on any atom is -0.356 e. The Labute approximate surface area is 210 Å². The summed E-state index contributed by atoms with van der Waals surface area (Å²) in [5.41, 5.74) is 3.33. The molecule has 2 amide bonds. The maximum atomic E-state index is 13.9. The highest BCUT2D eigenvalue weighted by Gasteiger charge is 2.38. The molecule has 1 aromatic carbocycles. The van der Waals surface area contributed by atoms with Crippen LogP contribution in [0.1, 0.15) is 40.7 Å². The number of carbonyl (C=O) groups excluding carboxylic acids is 2. The predicted molar refractivity (Wildman–Crippen MR) is 128 cm³/mol. The second-order valence-electron chi connectivity index (χ2n) is 8.66. The molecule has 0 aliphatic carbocycles. The zero-order valence-corrected chi connectivity index (χ0v) is 20.9. The SMILES string of the molecule is Cc1c(C(F)(F)F)cnc(N2CCCC(F)(F)CC2)c1C(=O)Nc1cccc(S(C)(=O)=NC(=O)CN)c1. The van der Waals surface area contributed by atoms with Gasteiger partial charge < -0.3 is 16.0 Å². The number of nitrogens with one attached hydrogen (secondary N) is 1. The smallest absolute Gasteiger partial charge is 0.356 e. The highest BCUT2D eigenvalue weighted by molar-refractivity contribution is 7.93. The molecule has 2 heterocycles. The van der Waals surface area contributed by atoms with Gasteiger partial charge >= 0.3 is 6.18 Å². The average Bonchev–Trinajstić information content (AvgIpc) is 2.98. The molecule has 1 unspecified atom stereocenters. The second kappa shape index (κ2) is 10.7. The molecular formula is C23H26F5N5O3S. The van der Waals surface area contributed by atoms with Crippen LogP contribution in [0.3, 0.4) is 0 Å². The van der Waals surface area contributed by atoms with E-state index in [1.54, 1.807) is 0 Å². The summed E-state index contributed by atoms with van der Waals surface area (Å²) in [5.74, 6) is -4.82. The zero-order valence-electron chi connectivity index (χ0n) is 20.1. The maximum absolute atomic E-state index is 13.9. The fourth-order valence-corrected chi connectivity index (χ4v) is 5.20. The summed E-state index contributed by atoms with van der Waals surface area (Å²) < 4.78 is 85.1. The molecule has 3 rings (SSSR count). The van der Waals surface area contributed by atoms with Crippen molar-refractivity contribution in [2.45, 2.75) is 43.2 Å². The van der Waals surface area contributed by atoms with Crippen LogP contribution in [0.5, 0.6) is 0 Å². The number of halogens is 5. The first-order chi connectivity index (χ1) is 17.1. The number of rotatable bonds is 5. The van der Waals surface area contributed by atoms with Gasteiger partial charge in [-0.1, -0.05) is 6.07 Å². The lowest BCUT2D eigenvalue weighted by Crippen LogP contribution is -2.30. The van der Waals surface area contributed by atoms with Crippen LogP contribution in [0, 0.1) is 6.92 Å². The molecule has 1 saturated heterocycles. The van der Waals surface area contributed by atoms with Crippen molar-refractivity contribution in [3.05, 3.63) is 47.2 Å². The van der Waals surface area contributed by atoms with Gasteiger partial charge in [-0.15, -0.1) is 0 Å². The topological polar surface area (TPSA) is 118 Å². The van der Waals surface area contributed by atoms with E-state index in [0.717, 1.165) is 6.92 Å². The normalized spacial score (nSPS) is 17.5.